The average molecular weight is 533 g/mol. The van der Waals surface area contributed by atoms with Crippen molar-refractivity contribution in [3.63, 3.8) is 0 Å². The number of hydrogen-bond acceptors (Lipinski definition) is 0. The van der Waals surface area contributed by atoms with Gasteiger partial charge in [-0.1, -0.05) is 136 Å². The van der Waals surface area contributed by atoms with Gasteiger partial charge in [0, 0.05) is 3.92 Å². The Morgan fingerprint density at radius 2 is 1.20 bits per heavy atom. The van der Waals surface area contributed by atoms with Gasteiger partial charge in [-0.15, -0.1) is 0 Å². The summed E-state index contributed by atoms with van der Waals surface area (Å²) in [5.74, 6) is 6.05. The van der Waals surface area contributed by atoms with E-state index in [4.69, 9.17) is 0 Å². The molecule has 0 aliphatic heterocycles. The molecule has 0 saturated heterocycles. The van der Waals surface area contributed by atoms with Crippen molar-refractivity contribution in [1.82, 2.24) is 0 Å². The smallest absolute Gasteiger partial charge is 0.0116 e. The molecule has 0 spiro atoms. The summed E-state index contributed by atoms with van der Waals surface area (Å²) in [7, 11) is 0. The van der Waals surface area contributed by atoms with E-state index in [0.717, 1.165) is 45.3 Å². The third-order valence-electron chi connectivity index (χ3n) is 8.01. The summed E-state index contributed by atoms with van der Waals surface area (Å²) in [6, 6.07) is 0. The lowest BCUT2D eigenvalue weighted by Crippen LogP contribution is -2.22. The monoisotopic (exact) mass is 532 g/mol. The molecule has 0 rings (SSSR count). The summed E-state index contributed by atoms with van der Waals surface area (Å²) < 4.78 is 0.748. The van der Waals surface area contributed by atoms with Gasteiger partial charge >= 0.3 is 0 Å². The minimum Gasteiger partial charge on any atom is -0.0882 e. The van der Waals surface area contributed by atoms with Gasteiger partial charge in [0.25, 0.3) is 0 Å². The first kappa shape index (κ1) is 30.5. The second-order valence-corrected chi connectivity index (χ2v) is 13.1. The zero-order valence-electron chi connectivity index (χ0n) is 22.2. The van der Waals surface area contributed by atoms with Crippen LogP contribution in [0, 0.1) is 41.4 Å². The number of rotatable bonds is 18. The third kappa shape index (κ3) is 13.8. The Hall–Kier alpha value is 0.470. The van der Waals surface area contributed by atoms with E-state index in [1.165, 1.54) is 64.2 Å². The fourth-order valence-corrected chi connectivity index (χ4v) is 5.39. The second-order valence-electron chi connectivity index (χ2n) is 11.0. The van der Waals surface area contributed by atoms with Crippen molar-refractivity contribution in [2.24, 2.45) is 41.4 Å². The van der Waals surface area contributed by atoms with E-state index in [-0.39, 0.29) is 0 Å². The van der Waals surface area contributed by atoms with Crippen molar-refractivity contribution in [2.45, 2.75) is 130 Å². The van der Waals surface area contributed by atoms with Crippen molar-refractivity contribution in [3.05, 3.63) is 12.2 Å². The summed E-state index contributed by atoms with van der Waals surface area (Å²) in [5, 5.41) is 0. The Labute approximate surface area is 206 Å². The van der Waals surface area contributed by atoms with Crippen molar-refractivity contribution < 1.29 is 0 Å². The predicted octanol–water partition coefficient (Wildman–Crippen LogP) is 10.7. The van der Waals surface area contributed by atoms with Gasteiger partial charge in [0.1, 0.15) is 0 Å². The van der Waals surface area contributed by atoms with Crippen LogP contribution in [0.15, 0.2) is 12.2 Å². The van der Waals surface area contributed by atoms with Gasteiger partial charge in [0.15, 0.2) is 0 Å². The van der Waals surface area contributed by atoms with Crippen LogP contribution in [0.5, 0.6) is 0 Å². The third-order valence-corrected chi connectivity index (χ3v) is 8.52. The molecule has 0 nitrogen and oxygen atoms in total. The van der Waals surface area contributed by atoms with Crippen LogP contribution in [0.25, 0.3) is 0 Å². The Bertz CT molecular complexity index is 411. The highest BCUT2D eigenvalue weighted by molar-refractivity contribution is 14.1. The SMILES string of the molecule is CCC(C)C(C)C(C/C=C/CC(C)I)CCCC(C(C)CC)[C@H](C)CCCC(C)C. The molecule has 0 aliphatic carbocycles. The zero-order chi connectivity index (χ0) is 23.1. The maximum absolute atomic E-state index is 2.55. The van der Waals surface area contributed by atoms with Gasteiger partial charge in [-0.25, -0.2) is 0 Å². The molecule has 0 aliphatic rings. The maximum Gasteiger partial charge on any atom is 0.0116 e. The quantitative estimate of drug-likeness (QED) is 0.0935. The van der Waals surface area contributed by atoms with Crippen LogP contribution in [0.2, 0.25) is 0 Å². The highest BCUT2D eigenvalue weighted by Crippen LogP contribution is 2.35. The number of hydrogen-bond donors (Lipinski definition) is 0. The first-order valence-corrected chi connectivity index (χ1v) is 14.7. The van der Waals surface area contributed by atoms with E-state index in [2.05, 4.69) is 97.1 Å². The Morgan fingerprint density at radius 1 is 0.633 bits per heavy atom. The topological polar surface area (TPSA) is 0 Å². The molecule has 6 unspecified atom stereocenters. The largest absolute Gasteiger partial charge is 0.0882 e. The van der Waals surface area contributed by atoms with E-state index >= 15 is 0 Å². The van der Waals surface area contributed by atoms with Gasteiger partial charge in [0.2, 0.25) is 0 Å². The molecular formula is C29H57I. The minimum absolute atomic E-state index is 0.748. The van der Waals surface area contributed by atoms with Crippen molar-refractivity contribution >= 4 is 22.6 Å². The summed E-state index contributed by atoms with van der Waals surface area (Å²) in [6.07, 6.45) is 18.6. The zero-order valence-corrected chi connectivity index (χ0v) is 24.4. The van der Waals surface area contributed by atoms with E-state index in [9.17, 15) is 0 Å². The molecule has 0 saturated carbocycles. The summed E-state index contributed by atoms with van der Waals surface area (Å²) >= 11 is 2.54. The van der Waals surface area contributed by atoms with Crippen LogP contribution in [0.1, 0.15) is 127 Å². The molecule has 30 heavy (non-hydrogen) atoms. The Morgan fingerprint density at radius 3 is 1.73 bits per heavy atom. The van der Waals surface area contributed by atoms with E-state index in [1.807, 2.05) is 0 Å². The van der Waals surface area contributed by atoms with Crippen LogP contribution in [0.3, 0.4) is 0 Å². The van der Waals surface area contributed by atoms with Crippen LogP contribution in [0.4, 0.5) is 0 Å². The highest BCUT2D eigenvalue weighted by atomic mass is 127. The molecule has 0 heterocycles. The molecule has 0 N–H and O–H groups in total. The average Bonchev–Trinajstić information content (AvgIpc) is 2.70. The van der Waals surface area contributed by atoms with Crippen LogP contribution >= 0.6 is 22.6 Å². The molecule has 0 aromatic carbocycles. The van der Waals surface area contributed by atoms with E-state index in [0.29, 0.717) is 0 Å². The molecule has 7 atom stereocenters. The molecule has 0 aromatic rings. The van der Waals surface area contributed by atoms with Crippen molar-refractivity contribution in [1.29, 1.82) is 0 Å². The Balaban J connectivity index is 4.85. The normalized spacial score (nSPS) is 19.6. The van der Waals surface area contributed by atoms with Gasteiger partial charge < -0.3 is 0 Å². The standard InChI is InChI=1S/C29H57I/c1-10-23(5)27(9)28(19-13-12-18-26(8)30)20-15-21-29(24(6)11-2)25(7)17-14-16-22(3)4/h12-13,22-29H,10-11,14-21H2,1-9H3/b13-12+/t23?,24?,25-,26?,27?,28?,29?/m1/s1. The molecule has 0 bridgehead atoms. The molecule has 0 amide bonds. The van der Waals surface area contributed by atoms with Gasteiger partial charge in [0.05, 0.1) is 0 Å². The number of allylic oxidation sites excluding steroid dienone is 2. The molecule has 1 heteroatoms. The molecule has 0 aromatic heterocycles. The molecule has 180 valence electrons. The predicted molar refractivity (Wildman–Crippen MR) is 149 cm³/mol. The maximum atomic E-state index is 2.55. The van der Waals surface area contributed by atoms with Gasteiger partial charge in [-0.3, -0.25) is 0 Å². The molecule has 0 radical (unpaired) electrons. The van der Waals surface area contributed by atoms with Crippen LogP contribution < -0.4 is 0 Å². The first-order valence-electron chi connectivity index (χ1n) is 13.4. The summed E-state index contributed by atoms with van der Waals surface area (Å²) in [5.41, 5.74) is 0. The van der Waals surface area contributed by atoms with E-state index < -0.39 is 0 Å². The fourth-order valence-electron chi connectivity index (χ4n) is 5.10. The van der Waals surface area contributed by atoms with Crippen molar-refractivity contribution in [2.75, 3.05) is 0 Å². The van der Waals surface area contributed by atoms with Crippen LogP contribution in [-0.2, 0) is 0 Å². The lowest BCUT2D eigenvalue weighted by Gasteiger charge is -2.32. The Kier molecular flexibility index (Phi) is 18.2. The lowest BCUT2D eigenvalue weighted by atomic mass is 9.74. The fraction of sp³-hybridized carbons (Fsp3) is 0.931. The molecule has 0 fully saturated rings. The second kappa shape index (κ2) is 18.0. The van der Waals surface area contributed by atoms with Crippen LogP contribution in [-0.4, -0.2) is 3.92 Å². The molecular weight excluding hydrogens is 475 g/mol. The van der Waals surface area contributed by atoms with E-state index in [1.54, 1.807) is 0 Å². The van der Waals surface area contributed by atoms with Gasteiger partial charge in [-0.05, 0) is 67.1 Å². The first-order chi connectivity index (χ1) is 14.1. The summed E-state index contributed by atoms with van der Waals surface area (Å²) in [6.45, 7) is 21.8. The number of alkyl halides is 1. The van der Waals surface area contributed by atoms with Crippen molar-refractivity contribution in [3.8, 4) is 0 Å². The minimum atomic E-state index is 0.748. The highest BCUT2D eigenvalue weighted by Gasteiger charge is 2.25. The summed E-state index contributed by atoms with van der Waals surface area (Å²) in [4.78, 5) is 0. The number of halogens is 1. The lowest BCUT2D eigenvalue weighted by molar-refractivity contribution is 0.192. The van der Waals surface area contributed by atoms with Gasteiger partial charge in [-0.2, -0.15) is 0 Å².